The van der Waals surface area contributed by atoms with Gasteiger partial charge in [-0.1, -0.05) is 59.8 Å². The topological polar surface area (TPSA) is 77.4 Å². The molecule has 160 valence electrons. The van der Waals surface area contributed by atoms with Gasteiger partial charge in [0, 0.05) is 5.56 Å². The summed E-state index contributed by atoms with van der Waals surface area (Å²) in [6.07, 6.45) is -0.0576. The fraction of sp³-hybridized carbons (Fsp3) is 0.200. The minimum Gasteiger partial charge on any atom is -0.489 e. The molecular weight excluding hydrogens is 394 g/mol. The van der Waals surface area contributed by atoms with E-state index >= 15 is 0 Å². The number of ether oxygens (including phenoxy) is 2. The summed E-state index contributed by atoms with van der Waals surface area (Å²) in [4.78, 5) is 16.2. The summed E-state index contributed by atoms with van der Waals surface area (Å²) in [5.41, 5.74) is 3.18. The molecule has 6 heteroatoms. The molecule has 0 amide bonds. The Morgan fingerprint density at radius 2 is 1.58 bits per heavy atom. The summed E-state index contributed by atoms with van der Waals surface area (Å²) in [7, 11) is 0. The summed E-state index contributed by atoms with van der Waals surface area (Å²) in [6, 6.07) is 24.6. The first kappa shape index (κ1) is 21.9. The van der Waals surface area contributed by atoms with Crippen LogP contribution >= 0.6 is 0 Å². The van der Waals surface area contributed by atoms with E-state index in [1.165, 1.54) is 0 Å². The van der Waals surface area contributed by atoms with Crippen LogP contribution < -0.4 is 9.47 Å². The molecule has 3 aromatic carbocycles. The zero-order chi connectivity index (χ0) is 21.9. The van der Waals surface area contributed by atoms with Crippen LogP contribution in [0.1, 0.15) is 23.6 Å². The van der Waals surface area contributed by atoms with Crippen molar-refractivity contribution < 1.29 is 24.2 Å². The zero-order valence-electron chi connectivity index (χ0n) is 17.4. The summed E-state index contributed by atoms with van der Waals surface area (Å²) < 4.78 is 11.8. The smallest absolute Gasteiger partial charge is 0.307 e. The quantitative estimate of drug-likeness (QED) is 0.360. The fourth-order valence-corrected chi connectivity index (χ4v) is 2.88. The first-order valence-electron chi connectivity index (χ1n) is 10.0. The van der Waals surface area contributed by atoms with Crippen LogP contribution in [-0.4, -0.2) is 30.0 Å². The molecule has 3 rings (SSSR count). The molecule has 0 saturated carbocycles. The van der Waals surface area contributed by atoms with Gasteiger partial charge in [0.25, 0.3) is 0 Å². The van der Waals surface area contributed by atoms with Gasteiger partial charge >= 0.3 is 5.97 Å². The highest BCUT2D eigenvalue weighted by atomic mass is 16.6. The Morgan fingerprint density at radius 1 is 0.871 bits per heavy atom. The Kier molecular flexibility index (Phi) is 8.05. The van der Waals surface area contributed by atoms with Crippen molar-refractivity contribution in [1.29, 1.82) is 0 Å². The van der Waals surface area contributed by atoms with Gasteiger partial charge in [0.05, 0.1) is 6.42 Å². The van der Waals surface area contributed by atoms with Gasteiger partial charge in [0.15, 0.2) is 0 Å². The van der Waals surface area contributed by atoms with Crippen LogP contribution in [0.4, 0.5) is 0 Å². The monoisotopic (exact) mass is 419 g/mol. The Morgan fingerprint density at radius 3 is 2.32 bits per heavy atom. The van der Waals surface area contributed by atoms with Gasteiger partial charge in [-0.25, -0.2) is 0 Å². The second-order valence-electron chi connectivity index (χ2n) is 6.76. The predicted octanol–water partition coefficient (Wildman–Crippen LogP) is 4.71. The molecular formula is C25H25NO5. The van der Waals surface area contributed by atoms with Crippen molar-refractivity contribution in [1.82, 2.24) is 0 Å². The van der Waals surface area contributed by atoms with Crippen LogP contribution in [0.3, 0.4) is 0 Å². The van der Waals surface area contributed by atoms with Crippen molar-refractivity contribution in [3.63, 3.8) is 0 Å². The number of hydrogen-bond donors (Lipinski definition) is 1. The number of carboxylic acid groups (broad SMARTS) is 1. The maximum absolute atomic E-state index is 10.9. The first-order valence-corrected chi connectivity index (χ1v) is 10.0. The van der Waals surface area contributed by atoms with Crippen LogP contribution in [0.25, 0.3) is 0 Å². The molecule has 3 aromatic rings. The lowest BCUT2D eigenvalue weighted by molar-refractivity contribution is -0.136. The number of benzene rings is 3. The maximum Gasteiger partial charge on any atom is 0.307 e. The number of hydrogen-bond acceptors (Lipinski definition) is 5. The average molecular weight is 419 g/mol. The summed E-state index contributed by atoms with van der Waals surface area (Å²) in [6.45, 7) is 2.92. The van der Waals surface area contributed by atoms with Crippen LogP contribution in [-0.2, 0) is 22.7 Å². The van der Waals surface area contributed by atoms with Gasteiger partial charge in [-0.05, 0) is 42.3 Å². The molecule has 0 atom stereocenters. The lowest BCUT2D eigenvalue weighted by atomic mass is 10.1. The molecule has 0 aliphatic carbocycles. The van der Waals surface area contributed by atoms with Gasteiger partial charge in [0.1, 0.15) is 37.0 Å². The largest absolute Gasteiger partial charge is 0.489 e. The molecule has 0 aliphatic rings. The highest BCUT2D eigenvalue weighted by Crippen LogP contribution is 2.18. The van der Waals surface area contributed by atoms with E-state index in [4.69, 9.17) is 19.4 Å². The van der Waals surface area contributed by atoms with Crippen LogP contribution in [0.15, 0.2) is 84.0 Å². The zero-order valence-corrected chi connectivity index (χ0v) is 17.4. The molecule has 0 bridgehead atoms. The number of aliphatic carboxylic acids is 1. The van der Waals surface area contributed by atoms with Gasteiger partial charge in [-0.15, -0.1) is 0 Å². The molecule has 0 heterocycles. The van der Waals surface area contributed by atoms with Crippen molar-refractivity contribution >= 4 is 11.7 Å². The molecule has 31 heavy (non-hydrogen) atoms. The number of rotatable bonds is 11. The van der Waals surface area contributed by atoms with E-state index in [2.05, 4.69) is 5.16 Å². The first-order chi connectivity index (χ1) is 15.1. The molecule has 1 N–H and O–H groups in total. The minimum absolute atomic E-state index is 0.0576. The summed E-state index contributed by atoms with van der Waals surface area (Å²) >= 11 is 0. The molecule has 0 saturated heterocycles. The van der Waals surface area contributed by atoms with E-state index in [0.717, 1.165) is 11.1 Å². The third-order valence-electron chi connectivity index (χ3n) is 4.35. The van der Waals surface area contributed by atoms with Crippen LogP contribution in [0.5, 0.6) is 11.5 Å². The molecule has 0 spiro atoms. The van der Waals surface area contributed by atoms with Crippen molar-refractivity contribution in [2.45, 2.75) is 20.0 Å². The second kappa shape index (κ2) is 11.4. The second-order valence-corrected chi connectivity index (χ2v) is 6.76. The maximum atomic E-state index is 10.9. The number of nitrogens with zero attached hydrogens (tertiary/aromatic N) is 1. The Labute approximate surface area is 181 Å². The van der Waals surface area contributed by atoms with Gasteiger partial charge < -0.3 is 19.4 Å². The SMILES string of the molecule is CCO/N=C(\COc1cccc(CC(=O)O)c1)c1cccc(OCc2ccccc2)c1. The van der Waals surface area contributed by atoms with E-state index in [1.807, 2.05) is 61.5 Å². The van der Waals surface area contributed by atoms with Crippen LogP contribution in [0.2, 0.25) is 0 Å². The van der Waals surface area contributed by atoms with Crippen LogP contribution in [0, 0.1) is 0 Å². The Balaban J connectivity index is 1.70. The molecule has 0 aliphatic heterocycles. The Bertz CT molecular complexity index is 1020. The summed E-state index contributed by atoms with van der Waals surface area (Å²) in [5, 5.41) is 13.2. The van der Waals surface area contributed by atoms with Gasteiger partial charge in [-0.3, -0.25) is 4.79 Å². The van der Waals surface area contributed by atoms with Gasteiger partial charge in [-0.2, -0.15) is 0 Å². The highest BCUT2D eigenvalue weighted by molar-refractivity contribution is 6.01. The lowest BCUT2D eigenvalue weighted by Gasteiger charge is -2.12. The number of carbonyl (C=O) groups is 1. The molecule has 0 radical (unpaired) electrons. The predicted molar refractivity (Wildman–Crippen MR) is 119 cm³/mol. The standard InChI is InChI=1S/C25H25NO5/c1-2-31-26-24(18-30-22-12-6-10-20(14-22)15-25(27)28)21-11-7-13-23(16-21)29-17-19-8-4-3-5-9-19/h3-14,16H,2,15,17-18H2,1H3,(H,27,28)/b26-24+. The van der Waals surface area contributed by atoms with E-state index < -0.39 is 5.97 Å². The van der Waals surface area contributed by atoms with E-state index in [1.54, 1.807) is 24.3 Å². The van der Waals surface area contributed by atoms with E-state index in [-0.39, 0.29) is 13.0 Å². The average Bonchev–Trinajstić information content (AvgIpc) is 2.78. The number of oxime groups is 1. The minimum atomic E-state index is -0.886. The molecule has 6 nitrogen and oxygen atoms in total. The molecule has 0 fully saturated rings. The molecule has 0 unspecified atom stereocenters. The van der Waals surface area contributed by atoms with Crippen molar-refractivity contribution in [2.75, 3.05) is 13.2 Å². The van der Waals surface area contributed by atoms with E-state index in [9.17, 15) is 4.79 Å². The lowest BCUT2D eigenvalue weighted by Crippen LogP contribution is -2.14. The van der Waals surface area contributed by atoms with Crippen molar-refractivity contribution in [3.05, 3.63) is 95.6 Å². The Hall–Kier alpha value is -3.80. The fourth-order valence-electron chi connectivity index (χ4n) is 2.88. The van der Waals surface area contributed by atoms with E-state index in [0.29, 0.717) is 36.0 Å². The molecule has 0 aromatic heterocycles. The third kappa shape index (κ3) is 7.19. The third-order valence-corrected chi connectivity index (χ3v) is 4.35. The van der Waals surface area contributed by atoms with Crippen molar-refractivity contribution in [2.24, 2.45) is 5.16 Å². The number of carboxylic acids is 1. The van der Waals surface area contributed by atoms with Crippen molar-refractivity contribution in [3.8, 4) is 11.5 Å². The highest BCUT2D eigenvalue weighted by Gasteiger charge is 2.09. The normalized spacial score (nSPS) is 11.1. The summed E-state index contributed by atoms with van der Waals surface area (Å²) in [5.74, 6) is 0.400. The van der Waals surface area contributed by atoms with Gasteiger partial charge in [0.2, 0.25) is 0 Å².